The summed E-state index contributed by atoms with van der Waals surface area (Å²) in [7, 11) is 0. The molecule has 4 rings (SSSR count). The number of hydrogen-bond acceptors (Lipinski definition) is 6. The zero-order valence-electron chi connectivity index (χ0n) is 20.9. The van der Waals surface area contributed by atoms with Gasteiger partial charge in [0, 0.05) is 18.0 Å². The monoisotopic (exact) mass is 470 g/mol. The molecule has 2 heterocycles. The van der Waals surface area contributed by atoms with Crippen LogP contribution in [0.3, 0.4) is 0 Å². The Labute approximate surface area is 201 Å². The van der Waals surface area contributed by atoms with E-state index in [4.69, 9.17) is 10.5 Å². The van der Waals surface area contributed by atoms with Crippen molar-refractivity contribution in [2.75, 3.05) is 6.54 Å². The number of nitrogens with one attached hydrogen (secondary N) is 1. The molecule has 1 unspecified atom stereocenters. The molecule has 1 saturated carbocycles. The lowest BCUT2D eigenvalue weighted by Crippen LogP contribution is -2.53. The quantitative estimate of drug-likeness (QED) is 0.566. The number of carbonyl (C=O) groups is 2. The number of rotatable bonds is 7. The summed E-state index contributed by atoms with van der Waals surface area (Å²) in [5, 5.41) is 14.0. The number of guanidine groups is 1. The summed E-state index contributed by atoms with van der Waals surface area (Å²) in [4.78, 5) is 32.3. The van der Waals surface area contributed by atoms with Crippen molar-refractivity contribution in [1.29, 1.82) is 0 Å². The number of aliphatic imine (C=N–C) groups is 1. The summed E-state index contributed by atoms with van der Waals surface area (Å²) in [6.07, 6.45) is 2.45. The van der Waals surface area contributed by atoms with Crippen LogP contribution in [0.2, 0.25) is 0 Å². The molecule has 1 fully saturated rings. The van der Waals surface area contributed by atoms with Crippen LogP contribution in [0.4, 0.5) is 0 Å². The van der Waals surface area contributed by atoms with Gasteiger partial charge < -0.3 is 20.9 Å². The Bertz CT molecular complexity index is 1000. The number of aliphatic hydroxyl groups excluding tert-OH is 1. The molecule has 2 amide bonds. The molecule has 8 nitrogen and oxygen atoms in total. The molecule has 0 radical (unpaired) electrons. The SMILES string of the molecule is CCC1(CC)CC(=O)N(CCC2(C)C[C@@H]2C(=O)N[C@@H]2c3ccccc3OC(C)(C)[C@H]2O)C(N)=N1. The van der Waals surface area contributed by atoms with Crippen molar-refractivity contribution >= 4 is 17.8 Å². The minimum Gasteiger partial charge on any atom is -0.485 e. The largest absolute Gasteiger partial charge is 0.485 e. The number of ether oxygens (including phenoxy) is 1. The van der Waals surface area contributed by atoms with E-state index in [1.807, 2.05) is 52.0 Å². The first kappa shape index (κ1) is 24.5. The number of amides is 2. The molecule has 4 N–H and O–H groups in total. The van der Waals surface area contributed by atoms with Crippen LogP contribution >= 0.6 is 0 Å². The number of fused-ring (bicyclic) bond motifs is 1. The molecule has 186 valence electrons. The van der Waals surface area contributed by atoms with E-state index in [1.54, 1.807) is 4.90 Å². The molecule has 0 bridgehead atoms. The average molecular weight is 471 g/mol. The van der Waals surface area contributed by atoms with Crippen molar-refractivity contribution in [3.63, 3.8) is 0 Å². The van der Waals surface area contributed by atoms with E-state index in [9.17, 15) is 14.7 Å². The predicted molar refractivity (Wildman–Crippen MR) is 130 cm³/mol. The van der Waals surface area contributed by atoms with Crippen LogP contribution in [0, 0.1) is 11.3 Å². The summed E-state index contributed by atoms with van der Waals surface area (Å²) in [6.45, 7) is 10.2. The van der Waals surface area contributed by atoms with Crippen molar-refractivity contribution in [3.8, 4) is 5.75 Å². The third kappa shape index (κ3) is 4.28. The van der Waals surface area contributed by atoms with E-state index in [1.165, 1.54) is 0 Å². The molecule has 0 aromatic heterocycles. The fraction of sp³-hybridized carbons (Fsp3) is 0.654. The van der Waals surface area contributed by atoms with E-state index in [0.717, 1.165) is 24.8 Å². The third-order valence-corrected chi connectivity index (χ3v) is 8.25. The summed E-state index contributed by atoms with van der Waals surface area (Å²) in [6, 6.07) is 6.95. The molecule has 34 heavy (non-hydrogen) atoms. The zero-order chi connectivity index (χ0) is 24.9. The molecule has 1 aromatic rings. The highest BCUT2D eigenvalue weighted by Gasteiger charge is 2.55. The maximum absolute atomic E-state index is 13.2. The normalized spacial score (nSPS) is 31.2. The molecular formula is C26H38N4O4. The second-order valence-corrected chi connectivity index (χ2v) is 11.0. The van der Waals surface area contributed by atoms with Crippen molar-refractivity contribution in [3.05, 3.63) is 29.8 Å². The smallest absolute Gasteiger partial charge is 0.231 e. The molecule has 0 spiro atoms. The lowest BCUT2D eigenvalue weighted by molar-refractivity contribution is -0.129. The van der Waals surface area contributed by atoms with Crippen LogP contribution in [0.15, 0.2) is 29.3 Å². The van der Waals surface area contributed by atoms with Gasteiger partial charge >= 0.3 is 0 Å². The van der Waals surface area contributed by atoms with E-state index in [2.05, 4.69) is 17.2 Å². The molecule has 0 saturated heterocycles. The molecule has 1 aromatic carbocycles. The van der Waals surface area contributed by atoms with E-state index in [-0.39, 0.29) is 29.1 Å². The highest BCUT2D eigenvalue weighted by atomic mass is 16.5. The van der Waals surface area contributed by atoms with Gasteiger partial charge in [0.25, 0.3) is 0 Å². The Hall–Kier alpha value is -2.61. The van der Waals surface area contributed by atoms with Gasteiger partial charge in [-0.1, -0.05) is 39.0 Å². The molecule has 4 atom stereocenters. The minimum atomic E-state index is -0.879. The summed E-state index contributed by atoms with van der Waals surface area (Å²) in [5.41, 5.74) is 5.53. The topological polar surface area (TPSA) is 117 Å². The minimum absolute atomic E-state index is 0.00520. The van der Waals surface area contributed by atoms with Crippen LogP contribution in [-0.4, -0.2) is 51.6 Å². The average Bonchev–Trinajstić information content (AvgIpc) is 3.47. The predicted octanol–water partition coefficient (Wildman–Crippen LogP) is 2.90. The van der Waals surface area contributed by atoms with Crippen molar-refractivity contribution in [1.82, 2.24) is 10.2 Å². The number of carbonyl (C=O) groups excluding carboxylic acids is 2. The van der Waals surface area contributed by atoms with Crippen molar-refractivity contribution < 1.29 is 19.4 Å². The number of aliphatic hydroxyl groups is 1. The van der Waals surface area contributed by atoms with Crippen LogP contribution in [0.1, 0.15) is 78.3 Å². The second-order valence-electron chi connectivity index (χ2n) is 11.0. The van der Waals surface area contributed by atoms with Gasteiger partial charge in [0.15, 0.2) is 5.96 Å². The third-order valence-electron chi connectivity index (χ3n) is 8.25. The Morgan fingerprint density at radius 3 is 2.59 bits per heavy atom. The van der Waals surface area contributed by atoms with Gasteiger partial charge in [-0.05, 0) is 51.0 Å². The Kier molecular flexibility index (Phi) is 6.17. The zero-order valence-corrected chi connectivity index (χ0v) is 20.9. The molecule has 2 aliphatic heterocycles. The summed E-state index contributed by atoms with van der Waals surface area (Å²) in [5.74, 6) is 0.707. The van der Waals surface area contributed by atoms with Crippen LogP contribution in [0.25, 0.3) is 0 Å². The van der Waals surface area contributed by atoms with Gasteiger partial charge in [-0.15, -0.1) is 0 Å². The van der Waals surface area contributed by atoms with E-state index < -0.39 is 23.3 Å². The van der Waals surface area contributed by atoms with Gasteiger partial charge in [-0.2, -0.15) is 0 Å². The summed E-state index contributed by atoms with van der Waals surface area (Å²) < 4.78 is 5.96. The Morgan fingerprint density at radius 1 is 1.26 bits per heavy atom. The van der Waals surface area contributed by atoms with Crippen LogP contribution in [0.5, 0.6) is 5.75 Å². The van der Waals surface area contributed by atoms with E-state index >= 15 is 0 Å². The number of hydrogen-bond donors (Lipinski definition) is 3. The molecule has 3 aliphatic rings. The molecule has 8 heteroatoms. The van der Waals surface area contributed by atoms with Crippen LogP contribution < -0.4 is 15.8 Å². The first-order valence-corrected chi connectivity index (χ1v) is 12.4. The number of nitrogens with two attached hydrogens (primary N) is 1. The molecular weight excluding hydrogens is 432 g/mol. The van der Waals surface area contributed by atoms with Gasteiger partial charge in [-0.3, -0.25) is 14.5 Å². The lowest BCUT2D eigenvalue weighted by atomic mass is 9.86. The maximum atomic E-state index is 13.2. The maximum Gasteiger partial charge on any atom is 0.231 e. The highest BCUT2D eigenvalue weighted by Crippen LogP contribution is 2.55. The number of nitrogens with zero attached hydrogens (tertiary/aromatic N) is 2. The fourth-order valence-corrected chi connectivity index (χ4v) is 5.36. The highest BCUT2D eigenvalue weighted by molar-refractivity contribution is 5.99. The van der Waals surface area contributed by atoms with Gasteiger partial charge in [0.1, 0.15) is 17.5 Å². The van der Waals surface area contributed by atoms with Crippen LogP contribution in [-0.2, 0) is 9.59 Å². The fourth-order valence-electron chi connectivity index (χ4n) is 5.36. The van der Waals surface area contributed by atoms with Gasteiger partial charge in [0.2, 0.25) is 11.8 Å². The lowest BCUT2D eigenvalue weighted by Gasteiger charge is -2.42. The van der Waals surface area contributed by atoms with Crippen molar-refractivity contribution in [2.45, 2.75) is 90.0 Å². The van der Waals surface area contributed by atoms with Gasteiger partial charge in [-0.25, -0.2) is 4.99 Å². The number of benzene rings is 1. The molecule has 1 aliphatic carbocycles. The van der Waals surface area contributed by atoms with Gasteiger partial charge in [0.05, 0.1) is 18.0 Å². The standard InChI is InChI=1S/C26H38N4O4/c1-6-26(7-2)15-19(31)30(23(27)29-26)13-12-25(5)14-17(25)22(33)28-20-16-10-8-9-11-18(16)34-24(3,4)21(20)32/h8-11,17,20-21,32H,6-7,12-15H2,1-5H3,(H2,27,29)(H,28,33)/t17-,20-,21+,25?/m1/s1. The Balaban J connectivity index is 1.40. The second kappa shape index (κ2) is 8.56. The first-order valence-electron chi connectivity index (χ1n) is 12.4. The first-order chi connectivity index (χ1) is 16.0. The van der Waals surface area contributed by atoms with Crippen molar-refractivity contribution in [2.24, 2.45) is 22.1 Å². The number of para-hydroxylation sites is 1. The van der Waals surface area contributed by atoms with E-state index in [0.29, 0.717) is 25.1 Å². The summed E-state index contributed by atoms with van der Waals surface area (Å²) >= 11 is 0. The Morgan fingerprint density at radius 2 is 1.94 bits per heavy atom.